The number of aliphatic carboxylic acids is 1. The molecule has 0 aliphatic heterocycles. The van der Waals surface area contributed by atoms with Crippen molar-refractivity contribution in [1.82, 2.24) is 14.9 Å². The summed E-state index contributed by atoms with van der Waals surface area (Å²) in [5.41, 5.74) is 1.77. The predicted molar refractivity (Wildman–Crippen MR) is 102 cm³/mol. The molecule has 1 aliphatic carbocycles. The minimum absolute atomic E-state index is 0.200. The largest absolute Gasteiger partial charge is 0.480 e. The van der Waals surface area contributed by atoms with E-state index in [1.165, 1.54) is 0 Å². The van der Waals surface area contributed by atoms with Crippen molar-refractivity contribution in [2.24, 2.45) is 0 Å². The summed E-state index contributed by atoms with van der Waals surface area (Å²) in [6.07, 6.45) is 2.46. The van der Waals surface area contributed by atoms with Crippen LogP contribution in [-0.2, 0) is 16.0 Å². The van der Waals surface area contributed by atoms with Crippen LogP contribution in [0.4, 0.5) is 0 Å². The van der Waals surface area contributed by atoms with Gasteiger partial charge < -0.3 is 10.4 Å². The van der Waals surface area contributed by atoms with Crippen LogP contribution in [0.1, 0.15) is 31.5 Å². The van der Waals surface area contributed by atoms with Crippen LogP contribution in [-0.4, -0.2) is 32.1 Å². The number of carboxylic acids is 1. The highest BCUT2D eigenvalue weighted by Gasteiger charge is 2.45. The highest BCUT2D eigenvalue weighted by molar-refractivity contribution is 5.88. The van der Waals surface area contributed by atoms with Crippen molar-refractivity contribution in [1.29, 1.82) is 0 Å². The molecule has 0 atom stereocenters. The first-order chi connectivity index (χ1) is 13.1. The normalized spacial score (nSPS) is 15.3. The lowest BCUT2D eigenvalue weighted by atomic mass is 9.76. The second-order valence-electron chi connectivity index (χ2n) is 6.98. The van der Waals surface area contributed by atoms with Gasteiger partial charge in [0.05, 0.1) is 11.0 Å². The number of rotatable bonds is 6. The zero-order valence-electron chi connectivity index (χ0n) is 14.9. The summed E-state index contributed by atoms with van der Waals surface area (Å²) in [6.45, 7) is 0. The molecule has 0 saturated heterocycles. The lowest BCUT2D eigenvalue weighted by Gasteiger charge is -2.38. The van der Waals surface area contributed by atoms with Crippen LogP contribution in [0.25, 0.3) is 16.7 Å². The number of carboxylic acid groups (broad SMARTS) is 1. The number of amides is 1. The topological polar surface area (TPSA) is 84.2 Å². The van der Waals surface area contributed by atoms with Crippen LogP contribution >= 0.6 is 0 Å². The van der Waals surface area contributed by atoms with Crippen molar-refractivity contribution in [3.05, 3.63) is 60.4 Å². The minimum atomic E-state index is -1.07. The molecule has 0 unspecified atom stereocenters. The van der Waals surface area contributed by atoms with Gasteiger partial charge in [-0.2, -0.15) is 0 Å². The molecule has 1 amide bonds. The average Bonchev–Trinajstić information content (AvgIpc) is 3.02. The molecule has 1 fully saturated rings. The van der Waals surface area contributed by atoms with Crippen LogP contribution < -0.4 is 5.32 Å². The second kappa shape index (κ2) is 6.87. The molecule has 6 heteroatoms. The molecular weight excluding hydrogens is 342 g/mol. The summed E-state index contributed by atoms with van der Waals surface area (Å²) in [5, 5.41) is 12.1. The van der Waals surface area contributed by atoms with Crippen LogP contribution in [0.15, 0.2) is 54.6 Å². The zero-order valence-corrected chi connectivity index (χ0v) is 14.9. The first-order valence-corrected chi connectivity index (χ1v) is 9.15. The molecule has 1 saturated carbocycles. The summed E-state index contributed by atoms with van der Waals surface area (Å²) in [7, 11) is 0. The Morgan fingerprint density at radius 3 is 2.44 bits per heavy atom. The van der Waals surface area contributed by atoms with E-state index in [1.54, 1.807) is 0 Å². The van der Waals surface area contributed by atoms with E-state index in [9.17, 15) is 14.7 Å². The number of hydrogen-bond acceptors (Lipinski definition) is 3. The third-order valence-corrected chi connectivity index (χ3v) is 5.22. The fraction of sp³-hybridized carbons (Fsp3) is 0.286. The van der Waals surface area contributed by atoms with Gasteiger partial charge in [0.2, 0.25) is 5.91 Å². The molecule has 1 aromatic heterocycles. The van der Waals surface area contributed by atoms with Gasteiger partial charge in [-0.25, -0.2) is 9.78 Å². The zero-order chi connectivity index (χ0) is 18.9. The number of aromatic nitrogens is 2. The van der Waals surface area contributed by atoms with E-state index in [4.69, 9.17) is 4.98 Å². The predicted octanol–water partition coefficient (Wildman–Crippen LogP) is 3.08. The molecule has 0 radical (unpaired) electrons. The molecular formula is C21H21N3O3. The number of carbonyl (C=O) groups is 2. The van der Waals surface area contributed by atoms with Gasteiger partial charge in [0, 0.05) is 18.5 Å². The summed E-state index contributed by atoms with van der Waals surface area (Å²) in [5.74, 6) is -0.405. The van der Waals surface area contributed by atoms with Crippen LogP contribution in [0.2, 0.25) is 0 Å². The third kappa shape index (κ3) is 3.18. The second-order valence-corrected chi connectivity index (χ2v) is 6.98. The van der Waals surface area contributed by atoms with Gasteiger partial charge in [-0.15, -0.1) is 0 Å². The number of nitrogens with zero attached hydrogens (tertiary/aromatic N) is 2. The molecule has 0 spiro atoms. The molecule has 3 aromatic rings. The highest BCUT2D eigenvalue weighted by Crippen LogP contribution is 2.32. The minimum Gasteiger partial charge on any atom is -0.480 e. The number of fused-ring (bicyclic) bond motifs is 1. The van der Waals surface area contributed by atoms with Crippen molar-refractivity contribution >= 4 is 22.9 Å². The fourth-order valence-electron chi connectivity index (χ4n) is 3.59. The maximum Gasteiger partial charge on any atom is 0.329 e. The Morgan fingerprint density at radius 1 is 1.07 bits per heavy atom. The Hall–Kier alpha value is -3.15. The summed E-state index contributed by atoms with van der Waals surface area (Å²) < 4.78 is 2.05. The lowest BCUT2D eigenvalue weighted by molar-refractivity contribution is -0.151. The number of imidazole rings is 1. The van der Waals surface area contributed by atoms with Gasteiger partial charge in [-0.1, -0.05) is 30.3 Å². The number of aryl methyl sites for hydroxylation is 1. The quantitative estimate of drug-likeness (QED) is 0.705. The van der Waals surface area contributed by atoms with E-state index in [-0.39, 0.29) is 12.3 Å². The van der Waals surface area contributed by atoms with Gasteiger partial charge >= 0.3 is 5.97 Å². The van der Waals surface area contributed by atoms with Crippen molar-refractivity contribution < 1.29 is 14.7 Å². The third-order valence-electron chi connectivity index (χ3n) is 5.22. The van der Waals surface area contributed by atoms with E-state index < -0.39 is 11.5 Å². The van der Waals surface area contributed by atoms with E-state index in [0.29, 0.717) is 19.3 Å². The number of para-hydroxylation sites is 3. The molecule has 6 nitrogen and oxygen atoms in total. The van der Waals surface area contributed by atoms with E-state index >= 15 is 0 Å². The highest BCUT2D eigenvalue weighted by atomic mass is 16.4. The van der Waals surface area contributed by atoms with Crippen molar-refractivity contribution in [2.45, 2.75) is 37.6 Å². The molecule has 1 heterocycles. The SMILES string of the molecule is O=C(CCc1nc2ccccc2n1-c1ccccc1)NC1(C(=O)O)CCC1. The number of benzene rings is 2. The Kier molecular flexibility index (Phi) is 4.39. The van der Waals surface area contributed by atoms with Crippen LogP contribution in [0.5, 0.6) is 0 Å². The first-order valence-electron chi connectivity index (χ1n) is 9.15. The number of carbonyl (C=O) groups excluding carboxylic acids is 1. The standard InChI is InChI=1S/C21H21N3O3/c25-19(23-21(20(26)27)13-6-14-21)12-11-18-22-16-9-4-5-10-17(16)24(18)15-7-2-1-3-8-15/h1-5,7-10H,6,11-14H2,(H,23,25)(H,26,27). The van der Waals surface area contributed by atoms with Gasteiger partial charge in [0.25, 0.3) is 0 Å². The molecule has 4 rings (SSSR count). The van der Waals surface area contributed by atoms with Gasteiger partial charge in [0.15, 0.2) is 0 Å². The first kappa shape index (κ1) is 17.3. The molecule has 2 N–H and O–H groups in total. The Labute approximate surface area is 156 Å². The van der Waals surface area contributed by atoms with Crippen LogP contribution in [0, 0.1) is 0 Å². The molecule has 1 aliphatic rings. The van der Waals surface area contributed by atoms with E-state index in [0.717, 1.165) is 29.0 Å². The van der Waals surface area contributed by atoms with Gasteiger partial charge in [-0.3, -0.25) is 9.36 Å². The van der Waals surface area contributed by atoms with E-state index in [2.05, 4.69) is 9.88 Å². The molecule has 2 aromatic carbocycles. The maximum atomic E-state index is 12.4. The van der Waals surface area contributed by atoms with E-state index in [1.807, 2.05) is 54.6 Å². The maximum absolute atomic E-state index is 12.4. The number of nitrogens with one attached hydrogen (secondary N) is 1. The molecule has 0 bridgehead atoms. The Bertz CT molecular complexity index is 990. The fourth-order valence-corrected chi connectivity index (χ4v) is 3.59. The molecule has 27 heavy (non-hydrogen) atoms. The van der Waals surface area contributed by atoms with Gasteiger partial charge in [-0.05, 0) is 43.5 Å². The average molecular weight is 363 g/mol. The van der Waals surface area contributed by atoms with Crippen LogP contribution in [0.3, 0.4) is 0 Å². The van der Waals surface area contributed by atoms with Crippen molar-refractivity contribution in [3.63, 3.8) is 0 Å². The molecule has 138 valence electrons. The summed E-state index contributed by atoms with van der Waals surface area (Å²) in [4.78, 5) is 28.5. The lowest BCUT2D eigenvalue weighted by Crippen LogP contribution is -2.59. The van der Waals surface area contributed by atoms with Crippen molar-refractivity contribution in [2.75, 3.05) is 0 Å². The Balaban J connectivity index is 1.57. The monoisotopic (exact) mass is 363 g/mol. The summed E-state index contributed by atoms with van der Waals surface area (Å²) >= 11 is 0. The smallest absolute Gasteiger partial charge is 0.329 e. The van der Waals surface area contributed by atoms with Gasteiger partial charge in [0.1, 0.15) is 11.4 Å². The number of hydrogen-bond donors (Lipinski definition) is 2. The Morgan fingerprint density at radius 2 is 1.78 bits per heavy atom. The summed E-state index contributed by atoms with van der Waals surface area (Å²) in [6, 6.07) is 17.8. The van der Waals surface area contributed by atoms with Crippen molar-refractivity contribution in [3.8, 4) is 5.69 Å².